The molecular formula is C13H15FN4O2. The zero-order chi connectivity index (χ0) is 14.7. The highest BCUT2D eigenvalue weighted by molar-refractivity contribution is 5.93. The number of rotatable bonds is 4. The molecule has 0 fully saturated rings. The molecule has 0 radical (unpaired) electrons. The quantitative estimate of drug-likeness (QED) is 0.819. The molecule has 0 atom stereocenters. The van der Waals surface area contributed by atoms with Crippen molar-refractivity contribution in [2.24, 2.45) is 0 Å². The lowest BCUT2D eigenvalue weighted by atomic mass is 10.2. The fourth-order valence-electron chi connectivity index (χ4n) is 1.80. The van der Waals surface area contributed by atoms with Crippen LogP contribution in [0.5, 0.6) is 0 Å². The Balaban J connectivity index is 2.11. The Hall–Kier alpha value is -2.57. The molecule has 20 heavy (non-hydrogen) atoms. The number of benzene rings is 1. The number of carbonyl (C=O) groups is 1. The van der Waals surface area contributed by atoms with Gasteiger partial charge in [0.15, 0.2) is 0 Å². The molecule has 0 aliphatic heterocycles. The second kappa shape index (κ2) is 5.60. The number of aromatic nitrogens is 2. The van der Waals surface area contributed by atoms with Gasteiger partial charge in [-0.2, -0.15) is 0 Å². The molecule has 2 aromatic rings. The minimum absolute atomic E-state index is 0.151. The number of anilines is 2. The molecule has 0 aliphatic rings. The van der Waals surface area contributed by atoms with Gasteiger partial charge < -0.3 is 11.1 Å². The van der Waals surface area contributed by atoms with Gasteiger partial charge in [0, 0.05) is 18.9 Å². The number of nitrogens with one attached hydrogen (secondary N) is 1. The van der Waals surface area contributed by atoms with Crippen LogP contribution in [0.2, 0.25) is 0 Å². The molecule has 1 aromatic carbocycles. The first-order valence-corrected chi connectivity index (χ1v) is 6.11. The number of nitrogens with zero attached hydrogens (tertiary/aromatic N) is 2. The molecule has 0 bridgehead atoms. The van der Waals surface area contributed by atoms with Crippen LogP contribution in [0.15, 0.2) is 35.4 Å². The summed E-state index contributed by atoms with van der Waals surface area (Å²) in [5.74, 6) is -0.943. The highest BCUT2D eigenvalue weighted by Gasteiger charge is 2.09. The highest BCUT2D eigenvalue weighted by atomic mass is 19.1. The summed E-state index contributed by atoms with van der Waals surface area (Å²) in [6, 6.07) is 3.70. The van der Waals surface area contributed by atoms with Gasteiger partial charge in [0.25, 0.3) is 0 Å². The van der Waals surface area contributed by atoms with Gasteiger partial charge >= 0.3 is 5.69 Å². The van der Waals surface area contributed by atoms with Crippen LogP contribution in [-0.2, 0) is 17.9 Å². The van der Waals surface area contributed by atoms with Gasteiger partial charge in [-0.25, -0.2) is 9.18 Å². The second-order valence-electron chi connectivity index (χ2n) is 4.27. The maximum absolute atomic E-state index is 13.1. The van der Waals surface area contributed by atoms with E-state index in [4.69, 9.17) is 5.73 Å². The smallest absolute Gasteiger partial charge is 0.328 e. The molecule has 1 heterocycles. The van der Waals surface area contributed by atoms with Crippen molar-refractivity contribution in [3.05, 3.63) is 46.9 Å². The van der Waals surface area contributed by atoms with Crippen molar-refractivity contribution in [2.75, 3.05) is 11.1 Å². The van der Waals surface area contributed by atoms with Gasteiger partial charge in [0.1, 0.15) is 12.4 Å². The summed E-state index contributed by atoms with van der Waals surface area (Å²) in [6.45, 7) is 2.21. The number of hydrogen-bond acceptors (Lipinski definition) is 3. The van der Waals surface area contributed by atoms with E-state index in [1.165, 1.54) is 27.5 Å². The van der Waals surface area contributed by atoms with E-state index in [1.807, 2.05) is 6.92 Å². The maximum atomic E-state index is 13.1. The number of nitrogens with two attached hydrogens (primary N) is 1. The fraction of sp³-hybridized carbons (Fsp3) is 0.231. The number of nitrogen functional groups attached to an aromatic ring is 1. The van der Waals surface area contributed by atoms with E-state index >= 15 is 0 Å². The normalized spacial score (nSPS) is 10.5. The summed E-state index contributed by atoms with van der Waals surface area (Å²) >= 11 is 0. The maximum Gasteiger partial charge on any atom is 0.328 e. The molecule has 7 heteroatoms. The van der Waals surface area contributed by atoms with Gasteiger partial charge in [-0.05, 0) is 25.1 Å². The molecule has 0 aliphatic carbocycles. The van der Waals surface area contributed by atoms with Gasteiger partial charge in [-0.1, -0.05) is 0 Å². The third-order valence-corrected chi connectivity index (χ3v) is 2.86. The van der Waals surface area contributed by atoms with Crippen molar-refractivity contribution in [3.63, 3.8) is 0 Å². The Morgan fingerprint density at radius 2 is 2.05 bits per heavy atom. The Bertz CT molecular complexity index is 690. The van der Waals surface area contributed by atoms with Crippen LogP contribution >= 0.6 is 0 Å². The second-order valence-corrected chi connectivity index (χ2v) is 4.27. The first-order valence-electron chi connectivity index (χ1n) is 6.11. The Labute approximate surface area is 114 Å². The van der Waals surface area contributed by atoms with E-state index in [9.17, 15) is 14.0 Å². The molecule has 0 saturated carbocycles. The number of carbonyl (C=O) groups excluding carboxylic acids is 1. The molecule has 0 unspecified atom stereocenters. The number of hydrogen-bond donors (Lipinski definition) is 2. The molecule has 2 rings (SSSR count). The van der Waals surface area contributed by atoms with Gasteiger partial charge in [0.2, 0.25) is 5.91 Å². The summed E-state index contributed by atoms with van der Waals surface area (Å²) in [5, 5.41) is 2.48. The summed E-state index contributed by atoms with van der Waals surface area (Å²) < 4.78 is 15.8. The number of aryl methyl sites for hydroxylation is 1. The number of imidazole rings is 1. The molecule has 1 aromatic heterocycles. The lowest BCUT2D eigenvalue weighted by Crippen LogP contribution is -2.29. The largest absolute Gasteiger partial charge is 0.397 e. The van der Waals surface area contributed by atoms with E-state index in [1.54, 1.807) is 6.20 Å². The molecule has 6 nitrogen and oxygen atoms in total. The van der Waals surface area contributed by atoms with Crippen LogP contribution in [0.4, 0.5) is 15.8 Å². The van der Waals surface area contributed by atoms with E-state index in [0.717, 1.165) is 6.07 Å². The zero-order valence-electron chi connectivity index (χ0n) is 11.0. The topological polar surface area (TPSA) is 82.1 Å². The molecule has 106 valence electrons. The van der Waals surface area contributed by atoms with Crippen LogP contribution in [-0.4, -0.2) is 15.0 Å². The standard InChI is InChI=1S/C13H15FN4O2/c1-2-17-5-6-18(13(17)20)8-12(19)16-11-7-9(14)3-4-10(11)15/h3-7H,2,8,15H2,1H3,(H,16,19). The summed E-state index contributed by atoms with van der Waals surface area (Å²) in [6.07, 6.45) is 3.13. The number of amides is 1. The molecule has 1 amide bonds. The molecule has 3 N–H and O–H groups in total. The van der Waals surface area contributed by atoms with Gasteiger partial charge in [-0.15, -0.1) is 0 Å². The van der Waals surface area contributed by atoms with Crippen LogP contribution in [0.1, 0.15) is 6.92 Å². The Kier molecular flexibility index (Phi) is 3.88. The van der Waals surface area contributed by atoms with E-state index in [-0.39, 0.29) is 23.6 Å². The third kappa shape index (κ3) is 2.87. The third-order valence-electron chi connectivity index (χ3n) is 2.86. The zero-order valence-corrected chi connectivity index (χ0v) is 11.0. The van der Waals surface area contributed by atoms with Crippen LogP contribution < -0.4 is 16.7 Å². The first-order chi connectivity index (χ1) is 9.51. The molecular weight excluding hydrogens is 263 g/mol. The first kappa shape index (κ1) is 13.9. The van der Waals surface area contributed by atoms with Crippen molar-refractivity contribution in [2.45, 2.75) is 20.0 Å². The van der Waals surface area contributed by atoms with Crippen molar-refractivity contribution in [1.29, 1.82) is 0 Å². The van der Waals surface area contributed by atoms with Crippen molar-refractivity contribution in [3.8, 4) is 0 Å². The van der Waals surface area contributed by atoms with Crippen LogP contribution in [0.3, 0.4) is 0 Å². The Morgan fingerprint density at radius 3 is 2.70 bits per heavy atom. The highest BCUT2D eigenvalue weighted by Crippen LogP contribution is 2.18. The SMILES string of the molecule is CCn1ccn(CC(=O)Nc2cc(F)ccc2N)c1=O. The van der Waals surface area contributed by atoms with Gasteiger partial charge in [0.05, 0.1) is 11.4 Å². The molecule has 0 spiro atoms. The van der Waals surface area contributed by atoms with Crippen molar-refractivity contribution < 1.29 is 9.18 Å². The lowest BCUT2D eigenvalue weighted by Gasteiger charge is -2.08. The van der Waals surface area contributed by atoms with Crippen LogP contribution in [0.25, 0.3) is 0 Å². The lowest BCUT2D eigenvalue weighted by molar-refractivity contribution is -0.116. The van der Waals surface area contributed by atoms with Gasteiger partial charge in [-0.3, -0.25) is 13.9 Å². The monoisotopic (exact) mass is 278 g/mol. The summed E-state index contributed by atoms with van der Waals surface area (Å²) in [5.41, 5.74) is 5.82. The minimum atomic E-state index is -0.496. The average Bonchev–Trinajstić information content (AvgIpc) is 2.75. The van der Waals surface area contributed by atoms with Crippen LogP contribution in [0, 0.1) is 5.82 Å². The Morgan fingerprint density at radius 1 is 1.35 bits per heavy atom. The van der Waals surface area contributed by atoms with E-state index in [0.29, 0.717) is 6.54 Å². The van der Waals surface area contributed by atoms with Crippen molar-refractivity contribution >= 4 is 17.3 Å². The van der Waals surface area contributed by atoms with E-state index < -0.39 is 11.7 Å². The fourth-order valence-corrected chi connectivity index (χ4v) is 1.80. The summed E-state index contributed by atoms with van der Waals surface area (Å²) in [4.78, 5) is 23.6. The minimum Gasteiger partial charge on any atom is -0.397 e. The summed E-state index contributed by atoms with van der Waals surface area (Å²) in [7, 11) is 0. The average molecular weight is 278 g/mol. The predicted molar refractivity (Wildman–Crippen MR) is 73.8 cm³/mol. The number of halogens is 1. The predicted octanol–water partition coefficient (Wildman–Crippen LogP) is 1.03. The van der Waals surface area contributed by atoms with Crippen molar-refractivity contribution in [1.82, 2.24) is 9.13 Å². The molecule has 0 saturated heterocycles. The van der Waals surface area contributed by atoms with E-state index in [2.05, 4.69) is 5.32 Å².